The number of anilines is 1. The molecule has 0 aliphatic rings. The number of carbonyl (C=O) groups excluding carboxylic acids is 1. The van der Waals surface area contributed by atoms with Crippen molar-refractivity contribution in [2.24, 2.45) is 0 Å². The third-order valence-electron chi connectivity index (χ3n) is 6.06. The van der Waals surface area contributed by atoms with E-state index in [0.29, 0.717) is 13.2 Å². The zero-order valence-electron chi connectivity index (χ0n) is 21.0. The summed E-state index contributed by atoms with van der Waals surface area (Å²) in [5.41, 5.74) is 3.73. The molecular weight excluding hydrogens is 428 g/mol. The molecule has 0 fully saturated rings. The van der Waals surface area contributed by atoms with Crippen LogP contribution in [0.2, 0.25) is 0 Å². The molecule has 2 unspecified atom stereocenters. The largest absolute Gasteiger partial charge is 0.479 e. The summed E-state index contributed by atoms with van der Waals surface area (Å²) in [4.78, 5) is 25.8. The van der Waals surface area contributed by atoms with E-state index in [0.717, 1.165) is 41.6 Å². The molecule has 0 aliphatic carbocycles. The van der Waals surface area contributed by atoms with Gasteiger partial charge in [-0.05, 0) is 41.7 Å². The highest BCUT2D eigenvalue weighted by Gasteiger charge is 2.26. The zero-order chi connectivity index (χ0) is 24.9. The topological polar surface area (TPSA) is 78.9 Å². The summed E-state index contributed by atoms with van der Waals surface area (Å²) in [5.74, 6) is -1.21. The molecule has 6 heteroatoms. The first-order valence-corrected chi connectivity index (χ1v) is 12.4. The molecule has 2 aromatic rings. The number of aliphatic carboxylic acids is 1. The van der Waals surface area contributed by atoms with E-state index in [2.05, 4.69) is 12.2 Å². The number of urea groups is 1. The summed E-state index contributed by atoms with van der Waals surface area (Å²) >= 11 is 0. The van der Waals surface area contributed by atoms with Crippen LogP contribution in [0.5, 0.6) is 0 Å². The van der Waals surface area contributed by atoms with Crippen LogP contribution in [0.3, 0.4) is 0 Å². The molecule has 0 aliphatic heterocycles. The van der Waals surface area contributed by atoms with Crippen molar-refractivity contribution in [2.75, 3.05) is 25.1 Å². The fraction of sp³-hybridized carbons (Fsp3) is 0.500. The lowest BCUT2D eigenvalue weighted by atomic mass is 9.93. The second-order valence-corrected chi connectivity index (χ2v) is 8.80. The molecule has 2 rings (SSSR count). The molecule has 0 saturated carbocycles. The van der Waals surface area contributed by atoms with Crippen LogP contribution in [0.4, 0.5) is 10.5 Å². The lowest BCUT2D eigenvalue weighted by molar-refractivity contribution is -0.151. The minimum Gasteiger partial charge on any atom is -0.479 e. The maximum atomic E-state index is 12.5. The Balaban J connectivity index is 2.03. The van der Waals surface area contributed by atoms with Crippen LogP contribution in [0.15, 0.2) is 48.5 Å². The van der Waals surface area contributed by atoms with Gasteiger partial charge in [0.1, 0.15) is 0 Å². The lowest BCUT2D eigenvalue weighted by Gasteiger charge is -2.21. The van der Waals surface area contributed by atoms with Gasteiger partial charge in [-0.15, -0.1) is 0 Å². The van der Waals surface area contributed by atoms with Crippen molar-refractivity contribution in [2.45, 2.75) is 71.3 Å². The highest BCUT2D eigenvalue weighted by molar-refractivity contribution is 5.92. The Kier molecular flexibility index (Phi) is 11.6. The smallest absolute Gasteiger partial charge is 0.333 e. The first-order chi connectivity index (χ1) is 16.4. The molecule has 186 valence electrons. The molecule has 0 radical (unpaired) electrons. The molecule has 6 nitrogen and oxygen atoms in total. The van der Waals surface area contributed by atoms with E-state index in [1.165, 1.54) is 19.3 Å². The van der Waals surface area contributed by atoms with Gasteiger partial charge in [0, 0.05) is 31.8 Å². The van der Waals surface area contributed by atoms with Crippen LogP contribution in [0.25, 0.3) is 11.1 Å². The third-order valence-corrected chi connectivity index (χ3v) is 6.06. The minimum absolute atomic E-state index is 0.108. The number of ether oxygens (including phenoxy) is 1. The Labute approximate surface area is 204 Å². The highest BCUT2D eigenvalue weighted by atomic mass is 16.5. The molecule has 0 bridgehead atoms. The van der Waals surface area contributed by atoms with Crippen molar-refractivity contribution >= 4 is 17.7 Å². The summed E-state index contributed by atoms with van der Waals surface area (Å²) in [5, 5.41) is 12.5. The molecule has 0 heterocycles. The molecule has 0 aromatic heterocycles. The number of carboxylic acid groups (broad SMARTS) is 1. The van der Waals surface area contributed by atoms with Crippen molar-refractivity contribution in [3.8, 4) is 11.1 Å². The molecule has 2 aromatic carbocycles. The second-order valence-electron chi connectivity index (χ2n) is 8.80. The van der Waals surface area contributed by atoms with Crippen molar-refractivity contribution in [1.29, 1.82) is 0 Å². The summed E-state index contributed by atoms with van der Waals surface area (Å²) in [6.07, 6.45) is 5.71. The van der Waals surface area contributed by atoms with Gasteiger partial charge in [-0.3, -0.25) is 4.90 Å². The number of carboxylic acids is 1. The average molecular weight is 469 g/mol. The van der Waals surface area contributed by atoms with E-state index in [1.807, 2.05) is 62.4 Å². The zero-order valence-corrected chi connectivity index (χ0v) is 21.0. The van der Waals surface area contributed by atoms with E-state index in [9.17, 15) is 14.7 Å². The molecular formula is C28H40N2O4. The van der Waals surface area contributed by atoms with Crippen molar-refractivity contribution in [1.82, 2.24) is 5.32 Å². The number of carbonyl (C=O) groups is 2. The van der Waals surface area contributed by atoms with Crippen molar-refractivity contribution in [3.63, 3.8) is 0 Å². The number of rotatable bonds is 14. The molecule has 2 amide bonds. The molecule has 0 saturated heterocycles. The van der Waals surface area contributed by atoms with Gasteiger partial charge >= 0.3 is 12.0 Å². The maximum absolute atomic E-state index is 12.5. The average Bonchev–Trinajstić information content (AvgIpc) is 2.85. The van der Waals surface area contributed by atoms with Gasteiger partial charge in [-0.25, -0.2) is 9.59 Å². The van der Waals surface area contributed by atoms with Crippen LogP contribution in [0, 0.1) is 0 Å². The fourth-order valence-corrected chi connectivity index (χ4v) is 3.88. The molecule has 34 heavy (non-hydrogen) atoms. The summed E-state index contributed by atoms with van der Waals surface area (Å²) in [7, 11) is 1.78. The standard InChI is InChI=1S/C28H40N2O4/c1-5-7-8-9-10-18-29-28(33)30(4)25-13-11-12-24(20-25)23-16-14-22(15-17-23)21(3)26(27(31)32)34-19-6-2/h11-17,20-21,26H,5-10,18-19H2,1-4H3,(H,29,33)(H,31,32). The SMILES string of the molecule is CCCCCCCNC(=O)N(C)c1cccc(-c2ccc(C(C)C(OCCC)C(=O)O)cc2)c1. The van der Waals surface area contributed by atoms with E-state index >= 15 is 0 Å². The van der Waals surface area contributed by atoms with E-state index < -0.39 is 12.1 Å². The third kappa shape index (κ3) is 8.17. The fourth-order valence-electron chi connectivity index (χ4n) is 3.88. The van der Waals surface area contributed by atoms with Gasteiger partial charge in [0.05, 0.1) is 0 Å². The number of nitrogens with one attached hydrogen (secondary N) is 1. The van der Waals surface area contributed by atoms with Crippen molar-refractivity contribution in [3.05, 3.63) is 54.1 Å². The van der Waals surface area contributed by atoms with Crippen LogP contribution in [-0.2, 0) is 9.53 Å². The Morgan fingerprint density at radius 1 is 0.971 bits per heavy atom. The van der Waals surface area contributed by atoms with Gasteiger partial charge in [-0.2, -0.15) is 0 Å². The Morgan fingerprint density at radius 3 is 2.32 bits per heavy atom. The quantitative estimate of drug-likeness (QED) is 0.312. The van der Waals surface area contributed by atoms with Crippen molar-refractivity contribution < 1.29 is 19.4 Å². The highest BCUT2D eigenvalue weighted by Crippen LogP contribution is 2.28. The minimum atomic E-state index is -0.944. The van der Waals surface area contributed by atoms with Crippen LogP contribution >= 0.6 is 0 Å². The molecule has 2 N–H and O–H groups in total. The Hall–Kier alpha value is -2.86. The molecule has 2 atom stereocenters. The predicted molar refractivity (Wildman–Crippen MR) is 139 cm³/mol. The summed E-state index contributed by atoms with van der Waals surface area (Å²) < 4.78 is 5.56. The number of amides is 2. The van der Waals surface area contributed by atoms with Crippen LogP contribution in [-0.4, -0.2) is 43.4 Å². The number of nitrogens with zero attached hydrogens (tertiary/aromatic N) is 1. The monoisotopic (exact) mass is 468 g/mol. The summed E-state index contributed by atoms with van der Waals surface area (Å²) in [6, 6.07) is 15.6. The van der Waals surface area contributed by atoms with Crippen LogP contribution < -0.4 is 10.2 Å². The van der Waals surface area contributed by atoms with Gasteiger partial charge in [0.25, 0.3) is 0 Å². The van der Waals surface area contributed by atoms with Gasteiger partial charge in [0.15, 0.2) is 6.10 Å². The Bertz CT molecular complexity index is 898. The first-order valence-electron chi connectivity index (χ1n) is 12.4. The number of hydrogen-bond acceptors (Lipinski definition) is 3. The summed E-state index contributed by atoms with van der Waals surface area (Å²) in [6.45, 7) is 7.14. The van der Waals surface area contributed by atoms with Gasteiger partial charge < -0.3 is 15.2 Å². The predicted octanol–water partition coefficient (Wildman–Crippen LogP) is 6.45. The normalized spacial score (nSPS) is 12.7. The Morgan fingerprint density at radius 2 is 1.68 bits per heavy atom. The first kappa shape index (κ1) is 27.4. The number of benzene rings is 2. The number of hydrogen-bond donors (Lipinski definition) is 2. The van der Waals surface area contributed by atoms with E-state index in [1.54, 1.807) is 11.9 Å². The second kappa shape index (κ2) is 14.4. The van der Waals surface area contributed by atoms with Gasteiger partial charge in [0.2, 0.25) is 0 Å². The number of unbranched alkanes of at least 4 members (excludes halogenated alkanes) is 4. The van der Waals surface area contributed by atoms with E-state index in [4.69, 9.17) is 4.74 Å². The lowest BCUT2D eigenvalue weighted by Crippen LogP contribution is -2.37. The van der Waals surface area contributed by atoms with Crippen LogP contribution in [0.1, 0.15) is 70.8 Å². The maximum Gasteiger partial charge on any atom is 0.333 e. The molecule has 0 spiro atoms. The van der Waals surface area contributed by atoms with E-state index in [-0.39, 0.29) is 11.9 Å². The van der Waals surface area contributed by atoms with Gasteiger partial charge in [-0.1, -0.05) is 82.9 Å².